The van der Waals surface area contributed by atoms with E-state index in [0.717, 1.165) is 23.3 Å². The maximum absolute atomic E-state index is 6.07. The van der Waals surface area contributed by atoms with Gasteiger partial charge in [0.1, 0.15) is 12.4 Å². The number of hydrogen-bond acceptors (Lipinski definition) is 5. The molecule has 8 heteroatoms. The van der Waals surface area contributed by atoms with Crippen LogP contribution in [0.2, 0.25) is 5.02 Å². The lowest BCUT2D eigenvalue weighted by Gasteiger charge is -2.07. The van der Waals surface area contributed by atoms with Crippen molar-refractivity contribution in [1.82, 2.24) is 24.5 Å². The maximum Gasteiger partial charge on any atom is 0.191 e. The number of aryl methyl sites for hydroxylation is 1. The first-order valence-corrected chi connectivity index (χ1v) is 8.46. The van der Waals surface area contributed by atoms with Crippen LogP contribution in [0.15, 0.2) is 47.9 Å². The number of benzene rings is 1. The van der Waals surface area contributed by atoms with Crippen molar-refractivity contribution in [3.05, 3.63) is 53.6 Å². The quantitative estimate of drug-likeness (QED) is 0.614. The second kappa shape index (κ2) is 7.52. The van der Waals surface area contributed by atoms with Crippen LogP contribution in [0.25, 0.3) is 0 Å². The van der Waals surface area contributed by atoms with Gasteiger partial charge in [-0.05, 0) is 18.2 Å². The van der Waals surface area contributed by atoms with Gasteiger partial charge in [-0.1, -0.05) is 35.5 Å². The first-order chi connectivity index (χ1) is 11.2. The Kier molecular flexibility index (Phi) is 5.19. The Balaban J connectivity index is 1.55. The molecule has 1 aromatic carbocycles. The number of para-hydroxylation sites is 1. The van der Waals surface area contributed by atoms with Gasteiger partial charge in [0.15, 0.2) is 11.0 Å². The molecule has 0 aliphatic carbocycles. The van der Waals surface area contributed by atoms with E-state index in [0.29, 0.717) is 17.4 Å². The van der Waals surface area contributed by atoms with E-state index in [9.17, 15) is 0 Å². The van der Waals surface area contributed by atoms with Crippen LogP contribution in [0.4, 0.5) is 0 Å². The molecule has 0 fully saturated rings. The van der Waals surface area contributed by atoms with Crippen LogP contribution in [-0.4, -0.2) is 30.3 Å². The second-order valence-corrected chi connectivity index (χ2v) is 6.26. The lowest BCUT2D eigenvalue weighted by atomic mass is 10.3. The summed E-state index contributed by atoms with van der Waals surface area (Å²) in [5, 5.41) is 14.0. The molecule has 2 aromatic heterocycles. The summed E-state index contributed by atoms with van der Waals surface area (Å²) in [4.78, 5) is 0. The number of ether oxygens (including phenoxy) is 1. The van der Waals surface area contributed by atoms with Crippen LogP contribution in [-0.2, 0) is 20.2 Å². The Labute approximate surface area is 143 Å². The van der Waals surface area contributed by atoms with Gasteiger partial charge >= 0.3 is 0 Å². The van der Waals surface area contributed by atoms with E-state index in [2.05, 4.69) is 15.3 Å². The average Bonchev–Trinajstić information content (AvgIpc) is 3.18. The zero-order chi connectivity index (χ0) is 16.1. The predicted octanol–water partition coefficient (Wildman–Crippen LogP) is 3.04. The van der Waals surface area contributed by atoms with Crippen molar-refractivity contribution in [2.45, 2.75) is 18.3 Å². The van der Waals surface area contributed by atoms with E-state index >= 15 is 0 Å². The fraction of sp³-hybridized carbons (Fsp3) is 0.267. The topological polar surface area (TPSA) is 57.8 Å². The van der Waals surface area contributed by atoms with Gasteiger partial charge in [-0.2, -0.15) is 5.10 Å². The molecular formula is C15H16ClN5OS. The van der Waals surface area contributed by atoms with Crippen molar-refractivity contribution >= 4 is 23.4 Å². The molecule has 0 saturated heterocycles. The smallest absolute Gasteiger partial charge is 0.191 e. The van der Waals surface area contributed by atoms with E-state index in [4.69, 9.17) is 16.3 Å². The lowest BCUT2D eigenvalue weighted by molar-refractivity contribution is 0.290. The highest BCUT2D eigenvalue weighted by Gasteiger charge is 2.10. The van der Waals surface area contributed by atoms with Crippen molar-refractivity contribution < 1.29 is 4.74 Å². The molecule has 0 radical (unpaired) electrons. The molecule has 0 saturated carbocycles. The van der Waals surface area contributed by atoms with E-state index in [1.54, 1.807) is 24.0 Å². The highest BCUT2D eigenvalue weighted by Crippen LogP contribution is 2.24. The molecule has 23 heavy (non-hydrogen) atoms. The van der Waals surface area contributed by atoms with Crippen LogP contribution in [0.5, 0.6) is 5.75 Å². The fourth-order valence-corrected chi connectivity index (χ4v) is 3.01. The largest absolute Gasteiger partial charge is 0.484 e. The highest BCUT2D eigenvalue weighted by molar-refractivity contribution is 7.99. The lowest BCUT2D eigenvalue weighted by Crippen LogP contribution is -2.05. The molecule has 0 amide bonds. The molecule has 0 bridgehead atoms. The average molecular weight is 350 g/mol. The van der Waals surface area contributed by atoms with Crippen molar-refractivity contribution in [1.29, 1.82) is 0 Å². The van der Waals surface area contributed by atoms with E-state index in [1.165, 1.54) is 0 Å². The molecule has 0 aliphatic heterocycles. The van der Waals surface area contributed by atoms with Crippen molar-refractivity contribution in [3.63, 3.8) is 0 Å². The van der Waals surface area contributed by atoms with Crippen LogP contribution in [0.3, 0.4) is 0 Å². The number of hydrogen-bond donors (Lipinski definition) is 0. The van der Waals surface area contributed by atoms with Gasteiger partial charge in [0, 0.05) is 25.2 Å². The third kappa shape index (κ3) is 4.05. The first kappa shape index (κ1) is 15.9. The normalized spacial score (nSPS) is 10.9. The van der Waals surface area contributed by atoms with Gasteiger partial charge in [-0.3, -0.25) is 4.68 Å². The van der Waals surface area contributed by atoms with Crippen LogP contribution in [0.1, 0.15) is 5.82 Å². The van der Waals surface area contributed by atoms with Crippen LogP contribution in [0, 0.1) is 0 Å². The van der Waals surface area contributed by atoms with Gasteiger partial charge in [0.25, 0.3) is 0 Å². The number of rotatable bonds is 7. The molecule has 3 aromatic rings. The molecule has 0 N–H and O–H groups in total. The Morgan fingerprint density at radius 1 is 1.22 bits per heavy atom. The maximum atomic E-state index is 6.07. The molecule has 0 aliphatic rings. The van der Waals surface area contributed by atoms with E-state index in [1.807, 2.05) is 46.8 Å². The van der Waals surface area contributed by atoms with Gasteiger partial charge < -0.3 is 9.30 Å². The molecule has 120 valence electrons. The van der Waals surface area contributed by atoms with Gasteiger partial charge in [-0.15, -0.1) is 10.2 Å². The van der Waals surface area contributed by atoms with Crippen molar-refractivity contribution in [2.75, 3.05) is 5.75 Å². The summed E-state index contributed by atoms with van der Waals surface area (Å²) >= 11 is 7.71. The summed E-state index contributed by atoms with van der Waals surface area (Å²) in [5.74, 6) is 2.27. The number of thioether (sulfide) groups is 1. The standard InChI is InChI=1S/C15H16ClN5OS/c1-20-14(11-22-13-6-3-2-5-12(13)16)18-19-15(20)23-10-9-21-8-4-7-17-21/h2-8H,9-11H2,1H3. The molecule has 6 nitrogen and oxygen atoms in total. The number of nitrogens with zero attached hydrogens (tertiary/aromatic N) is 5. The van der Waals surface area contributed by atoms with Gasteiger partial charge in [0.2, 0.25) is 0 Å². The molecule has 0 spiro atoms. The molecular weight excluding hydrogens is 334 g/mol. The summed E-state index contributed by atoms with van der Waals surface area (Å²) in [7, 11) is 1.93. The summed E-state index contributed by atoms with van der Waals surface area (Å²) in [6.45, 7) is 1.16. The van der Waals surface area contributed by atoms with Crippen LogP contribution < -0.4 is 4.74 Å². The second-order valence-electron chi connectivity index (χ2n) is 4.79. The molecule has 3 rings (SSSR count). The number of halogens is 1. The number of aromatic nitrogens is 5. The Bertz CT molecular complexity index is 759. The van der Waals surface area contributed by atoms with Crippen molar-refractivity contribution in [3.8, 4) is 5.75 Å². The highest BCUT2D eigenvalue weighted by atomic mass is 35.5. The summed E-state index contributed by atoms with van der Waals surface area (Å²) < 4.78 is 9.53. The van der Waals surface area contributed by atoms with Gasteiger partial charge in [-0.25, -0.2) is 0 Å². The summed E-state index contributed by atoms with van der Waals surface area (Å²) in [5.41, 5.74) is 0. The Morgan fingerprint density at radius 3 is 2.87 bits per heavy atom. The van der Waals surface area contributed by atoms with Gasteiger partial charge in [0.05, 0.1) is 11.6 Å². The zero-order valence-corrected chi connectivity index (χ0v) is 14.2. The summed E-state index contributed by atoms with van der Waals surface area (Å²) in [6, 6.07) is 9.29. The fourth-order valence-electron chi connectivity index (χ4n) is 1.96. The van der Waals surface area contributed by atoms with Crippen LogP contribution >= 0.6 is 23.4 Å². The Hall–Kier alpha value is -1.99. The molecule has 0 unspecified atom stereocenters. The zero-order valence-electron chi connectivity index (χ0n) is 12.6. The summed E-state index contributed by atoms with van der Waals surface area (Å²) in [6.07, 6.45) is 3.72. The predicted molar refractivity (Wildman–Crippen MR) is 89.7 cm³/mol. The minimum absolute atomic E-state index is 0.326. The Morgan fingerprint density at radius 2 is 2.09 bits per heavy atom. The van der Waals surface area contributed by atoms with E-state index in [-0.39, 0.29) is 0 Å². The third-order valence-corrected chi connectivity index (χ3v) is 4.54. The SMILES string of the molecule is Cn1c(COc2ccccc2Cl)nnc1SCCn1cccn1. The first-order valence-electron chi connectivity index (χ1n) is 7.10. The third-order valence-electron chi connectivity index (χ3n) is 3.23. The monoisotopic (exact) mass is 349 g/mol. The minimum atomic E-state index is 0.326. The van der Waals surface area contributed by atoms with E-state index < -0.39 is 0 Å². The molecule has 2 heterocycles. The minimum Gasteiger partial charge on any atom is -0.484 e. The molecule has 0 atom stereocenters. The van der Waals surface area contributed by atoms with Crippen molar-refractivity contribution in [2.24, 2.45) is 7.05 Å².